The average molecular weight is 213 g/mol. The van der Waals surface area contributed by atoms with Crippen LogP contribution in [0.3, 0.4) is 0 Å². The third-order valence-electron chi connectivity index (χ3n) is 1.51. The summed E-state index contributed by atoms with van der Waals surface area (Å²) in [5.41, 5.74) is 0.775. The van der Waals surface area contributed by atoms with E-state index in [1.165, 1.54) is 0 Å². The molecule has 0 aliphatic carbocycles. The van der Waals surface area contributed by atoms with Crippen LogP contribution in [0, 0.1) is 16.7 Å². The topological polar surface area (TPSA) is 47.6 Å². The molecular formula is C9H6Cl2N2. The molecule has 66 valence electrons. The van der Waals surface area contributed by atoms with Crippen LogP contribution >= 0.6 is 23.2 Å². The molecule has 1 aromatic carbocycles. The van der Waals surface area contributed by atoms with Gasteiger partial charge >= 0.3 is 0 Å². The zero-order valence-electron chi connectivity index (χ0n) is 6.64. The molecule has 1 N–H and O–H groups in total. The molecule has 1 aromatic rings. The first-order valence-electron chi connectivity index (χ1n) is 3.55. The van der Waals surface area contributed by atoms with Crippen LogP contribution in [0.25, 0.3) is 0 Å². The molecule has 0 saturated heterocycles. The molecule has 0 spiro atoms. The highest BCUT2D eigenvalue weighted by Crippen LogP contribution is 2.21. The van der Waals surface area contributed by atoms with E-state index in [1.807, 2.05) is 6.07 Å². The van der Waals surface area contributed by atoms with Gasteiger partial charge in [-0.1, -0.05) is 29.3 Å². The van der Waals surface area contributed by atoms with Gasteiger partial charge in [-0.3, -0.25) is 0 Å². The Morgan fingerprint density at radius 1 is 1.46 bits per heavy atom. The SMILES string of the molecule is N#CCC(=N)c1ccc(Cl)cc1Cl. The van der Waals surface area contributed by atoms with Gasteiger partial charge < -0.3 is 5.41 Å². The van der Waals surface area contributed by atoms with Gasteiger partial charge in [0, 0.05) is 10.6 Å². The quantitative estimate of drug-likeness (QED) is 0.752. The molecule has 0 radical (unpaired) electrons. The summed E-state index contributed by atoms with van der Waals surface area (Å²) in [7, 11) is 0. The lowest BCUT2D eigenvalue weighted by Gasteiger charge is -2.02. The summed E-state index contributed by atoms with van der Waals surface area (Å²) in [6.45, 7) is 0. The molecule has 0 bridgehead atoms. The Kier molecular flexibility index (Phi) is 3.30. The molecule has 0 saturated carbocycles. The van der Waals surface area contributed by atoms with Crippen molar-refractivity contribution in [3.05, 3.63) is 33.8 Å². The van der Waals surface area contributed by atoms with Gasteiger partial charge in [0.2, 0.25) is 0 Å². The zero-order valence-corrected chi connectivity index (χ0v) is 8.15. The molecule has 0 fully saturated rings. The lowest BCUT2D eigenvalue weighted by Crippen LogP contribution is -1.97. The third-order valence-corrected chi connectivity index (χ3v) is 2.06. The summed E-state index contributed by atoms with van der Waals surface area (Å²) in [6, 6.07) is 6.74. The highest BCUT2D eigenvalue weighted by atomic mass is 35.5. The first kappa shape index (κ1) is 10.0. The second-order valence-electron chi connectivity index (χ2n) is 2.44. The largest absolute Gasteiger partial charge is 0.304 e. The van der Waals surface area contributed by atoms with E-state index in [-0.39, 0.29) is 12.1 Å². The molecule has 0 unspecified atom stereocenters. The minimum Gasteiger partial charge on any atom is -0.304 e. The number of nitrogens with one attached hydrogen (secondary N) is 1. The van der Waals surface area contributed by atoms with Crippen molar-refractivity contribution in [2.75, 3.05) is 0 Å². The van der Waals surface area contributed by atoms with E-state index in [4.69, 9.17) is 33.9 Å². The van der Waals surface area contributed by atoms with Crippen molar-refractivity contribution in [2.24, 2.45) is 0 Å². The van der Waals surface area contributed by atoms with Crippen LogP contribution in [-0.2, 0) is 0 Å². The molecule has 0 amide bonds. The second-order valence-corrected chi connectivity index (χ2v) is 3.28. The molecule has 0 atom stereocenters. The summed E-state index contributed by atoms with van der Waals surface area (Å²) in [5, 5.41) is 16.8. The van der Waals surface area contributed by atoms with Crippen molar-refractivity contribution in [3.63, 3.8) is 0 Å². The summed E-state index contributed by atoms with van der Waals surface area (Å²) >= 11 is 11.5. The van der Waals surface area contributed by atoms with E-state index >= 15 is 0 Å². The number of nitriles is 1. The average Bonchev–Trinajstić information content (AvgIpc) is 2.04. The Labute approximate surface area is 86.2 Å². The fourth-order valence-electron chi connectivity index (χ4n) is 0.908. The Hall–Kier alpha value is -1.04. The van der Waals surface area contributed by atoms with E-state index in [9.17, 15) is 0 Å². The number of halogens is 2. The molecule has 1 rings (SSSR count). The van der Waals surface area contributed by atoms with E-state index in [0.29, 0.717) is 15.6 Å². The molecule has 0 heterocycles. The van der Waals surface area contributed by atoms with Gasteiger partial charge in [0.15, 0.2) is 0 Å². The standard InChI is InChI=1S/C9H6Cl2N2/c10-6-1-2-7(8(11)5-6)9(13)3-4-12/h1-2,5,13H,3H2. The third kappa shape index (κ3) is 2.45. The second kappa shape index (κ2) is 4.27. The van der Waals surface area contributed by atoms with E-state index in [2.05, 4.69) is 0 Å². The molecule has 0 aliphatic heterocycles. The Balaban J connectivity index is 3.03. The van der Waals surface area contributed by atoms with Crippen molar-refractivity contribution in [3.8, 4) is 6.07 Å². The molecule has 13 heavy (non-hydrogen) atoms. The Bertz CT molecular complexity index is 380. The minimum atomic E-state index is 0.0569. The maximum absolute atomic E-state index is 8.38. The lowest BCUT2D eigenvalue weighted by atomic mass is 10.1. The normalized spacial score (nSPS) is 9.31. The predicted molar refractivity (Wildman–Crippen MR) is 53.5 cm³/mol. The number of rotatable bonds is 2. The lowest BCUT2D eigenvalue weighted by molar-refractivity contribution is 1.34. The molecular weight excluding hydrogens is 207 g/mol. The van der Waals surface area contributed by atoms with Crippen LogP contribution in [0.4, 0.5) is 0 Å². The monoisotopic (exact) mass is 212 g/mol. The summed E-state index contributed by atoms with van der Waals surface area (Å²) in [6.07, 6.45) is 0.0569. The Morgan fingerprint density at radius 3 is 2.69 bits per heavy atom. The van der Waals surface area contributed by atoms with Gasteiger partial charge in [-0.05, 0) is 12.1 Å². The molecule has 2 nitrogen and oxygen atoms in total. The van der Waals surface area contributed by atoms with Gasteiger partial charge in [0.05, 0.1) is 23.2 Å². The van der Waals surface area contributed by atoms with Crippen LogP contribution in [0.5, 0.6) is 0 Å². The highest BCUT2D eigenvalue weighted by Gasteiger charge is 2.05. The number of hydrogen-bond acceptors (Lipinski definition) is 2. The van der Waals surface area contributed by atoms with Crippen molar-refractivity contribution < 1.29 is 0 Å². The molecule has 0 aromatic heterocycles. The first-order chi connectivity index (χ1) is 6.15. The summed E-state index contributed by atoms with van der Waals surface area (Å²) in [5.74, 6) is 0. The van der Waals surface area contributed by atoms with Crippen LogP contribution < -0.4 is 0 Å². The maximum atomic E-state index is 8.38. The van der Waals surface area contributed by atoms with Crippen molar-refractivity contribution in [1.82, 2.24) is 0 Å². The molecule has 4 heteroatoms. The van der Waals surface area contributed by atoms with Crippen molar-refractivity contribution in [1.29, 1.82) is 10.7 Å². The number of hydrogen-bond donors (Lipinski definition) is 1. The van der Waals surface area contributed by atoms with Crippen molar-refractivity contribution in [2.45, 2.75) is 6.42 Å². The van der Waals surface area contributed by atoms with Crippen LogP contribution in [-0.4, -0.2) is 5.71 Å². The van der Waals surface area contributed by atoms with Gasteiger partial charge in [-0.25, -0.2) is 0 Å². The van der Waals surface area contributed by atoms with E-state index in [1.54, 1.807) is 18.2 Å². The van der Waals surface area contributed by atoms with Gasteiger partial charge in [0.25, 0.3) is 0 Å². The minimum absolute atomic E-state index is 0.0569. The van der Waals surface area contributed by atoms with Crippen LogP contribution in [0.1, 0.15) is 12.0 Å². The first-order valence-corrected chi connectivity index (χ1v) is 4.30. The highest BCUT2D eigenvalue weighted by molar-refractivity contribution is 6.37. The van der Waals surface area contributed by atoms with Gasteiger partial charge in [0.1, 0.15) is 0 Å². The van der Waals surface area contributed by atoms with Crippen LogP contribution in [0.15, 0.2) is 18.2 Å². The summed E-state index contributed by atoms with van der Waals surface area (Å²) in [4.78, 5) is 0. The Morgan fingerprint density at radius 2 is 2.15 bits per heavy atom. The van der Waals surface area contributed by atoms with E-state index < -0.39 is 0 Å². The number of nitrogens with zero attached hydrogens (tertiary/aromatic N) is 1. The van der Waals surface area contributed by atoms with E-state index in [0.717, 1.165) is 0 Å². The summed E-state index contributed by atoms with van der Waals surface area (Å²) < 4.78 is 0. The fourth-order valence-corrected chi connectivity index (χ4v) is 1.43. The van der Waals surface area contributed by atoms with Gasteiger partial charge in [-0.15, -0.1) is 0 Å². The van der Waals surface area contributed by atoms with Crippen LogP contribution in [0.2, 0.25) is 10.0 Å². The smallest absolute Gasteiger partial charge is 0.0774 e. The van der Waals surface area contributed by atoms with Crippen molar-refractivity contribution >= 4 is 28.9 Å². The zero-order chi connectivity index (χ0) is 9.84. The predicted octanol–water partition coefficient (Wildman–Crippen LogP) is 3.27. The molecule has 0 aliphatic rings. The number of benzene rings is 1. The van der Waals surface area contributed by atoms with Gasteiger partial charge in [-0.2, -0.15) is 5.26 Å². The fraction of sp³-hybridized carbons (Fsp3) is 0.111. The maximum Gasteiger partial charge on any atom is 0.0774 e.